The summed E-state index contributed by atoms with van der Waals surface area (Å²) in [5.74, 6) is 0. The molecule has 0 amide bonds. The van der Waals surface area contributed by atoms with Crippen LogP contribution in [0, 0.1) is 0 Å². The molecule has 0 aromatic carbocycles. The van der Waals surface area contributed by atoms with Gasteiger partial charge in [0.1, 0.15) is 12.0 Å². The molecule has 0 atom stereocenters. The molecule has 0 spiro atoms. The van der Waals surface area contributed by atoms with E-state index >= 15 is 0 Å². The van der Waals surface area contributed by atoms with Crippen molar-refractivity contribution in [3.63, 3.8) is 0 Å². The van der Waals surface area contributed by atoms with Gasteiger partial charge in [-0.15, -0.1) is 0 Å². The van der Waals surface area contributed by atoms with Crippen molar-refractivity contribution in [3.8, 4) is 0 Å². The maximum Gasteiger partial charge on any atom is 0.250 e. The predicted molar refractivity (Wildman–Crippen MR) is 46.3 cm³/mol. The summed E-state index contributed by atoms with van der Waals surface area (Å²) < 4.78 is 6.23. The van der Waals surface area contributed by atoms with Crippen LogP contribution in [0.2, 0.25) is 0 Å². The van der Waals surface area contributed by atoms with E-state index in [1.54, 1.807) is 22.9 Å². The Morgan fingerprint density at radius 3 is 3.00 bits per heavy atom. The van der Waals surface area contributed by atoms with Gasteiger partial charge in [0.2, 0.25) is 0 Å². The van der Waals surface area contributed by atoms with E-state index in [-0.39, 0.29) is 5.56 Å². The summed E-state index contributed by atoms with van der Waals surface area (Å²) in [6, 6.07) is 6.77. The smallest absolute Gasteiger partial charge is 0.250 e. The third kappa shape index (κ3) is 1.66. The average molecular weight is 176 g/mol. The molecule has 2 rings (SSSR count). The minimum Gasteiger partial charge on any atom is -0.364 e. The van der Waals surface area contributed by atoms with Crippen LogP contribution in [0.25, 0.3) is 0 Å². The summed E-state index contributed by atoms with van der Waals surface area (Å²) in [7, 11) is 0. The second-order valence-electron chi connectivity index (χ2n) is 2.66. The van der Waals surface area contributed by atoms with Crippen LogP contribution in [0.15, 0.2) is 46.0 Å². The summed E-state index contributed by atoms with van der Waals surface area (Å²) in [6.07, 6.45) is 3.21. The maximum absolute atomic E-state index is 11.2. The third-order valence-corrected chi connectivity index (χ3v) is 1.72. The van der Waals surface area contributed by atoms with Crippen LogP contribution in [0.1, 0.15) is 5.69 Å². The van der Waals surface area contributed by atoms with E-state index < -0.39 is 0 Å². The lowest BCUT2D eigenvalue weighted by Crippen LogP contribution is -2.18. The lowest BCUT2D eigenvalue weighted by atomic mass is 10.4. The molecule has 0 aliphatic carbocycles. The molecule has 0 unspecified atom stereocenters. The van der Waals surface area contributed by atoms with Crippen molar-refractivity contribution >= 4 is 0 Å². The van der Waals surface area contributed by atoms with Gasteiger partial charge in [0.05, 0.1) is 6.54 Å². The molecule has 0 saturated heterocycles. The first kappa shape index (κ1) is 7.79. The summed E-state index contributed by atoms with van der Waals surface area (Å²) >= 11 is 0. The zero-order valence-electron chi connectivity index (χ0n) is 6.88. The quantitative estimate of drug-likeness (QED) is 0.682. The summed E-state index contributed by atoms with van der Waals surface area (Å²) in [4.78, 5) is 11.2. The summed E-state index contributed by atoms with van der Waals surface area (Å²) in [5, 5.41) is 3.72. The van der Waals surface area contributed by atoms with Crippen molar-refractivity contribution in [3.05, 3.63) is 52.8 Å². The van der Waals surface area contributed by atoms with E-state index in [2.05, 4.69) is 9.68 Å². The zero-order chi connectivity index (χ0) is 9.10. The molecule has 0 fully saturated rings. The van der Waals surface area contributed by atoms with Crippen LogP contribution in [0.5, 0.6) is 0 Å². The largest absolute Gasteiger partial charge is 0.364 e. The topological polar surface area (TPSA) is 48.0 Å². The number of hydrogen-bond acceptors (Lipinski definition) is 3. The highest BCUT2D eigenvalue weighted by molar-refractivity contribution is 5.00. The first-order valence-electron chi connectivity index (χ1n) is 3.91. The van der Waals surface area contributed by atoms with Gasteiger partial charge < -0.3 is 9.09 Å². The summed E-state index contributed by atoms with van der Waals surface area (Å²) in [5.41, 5.74) is 0.707. The van der Waals surface area contributed by atoms with Crippen LogP contribution in [0.3, 0.4) is 0 Å². The molecule has 0 radical (unpaired) electrons. The van der Waals surface area contributed by atoms with Crippen LogP contribution >= 0.6 is 0 Å². The van der Waals surface area contributed by atoms with E-state index in [0.717, 1.165) is 5.69 Å². The summed E-state index contributed by atoms with van der Waals surface area (Å²) in [6.45, 7) is 0.455. The SMILES string of the molecule is O=c1ccccn1Cc1ccon1. The van der Waals surface area contributed by atoms with Gasteiger partial charge in [0.25, 0.3) is 5.56 Å². The van der Waals surface area contributed by atoms with Crippen LogP contribution in [-0.2, 0) is 6.54 Å². The molecular formula is C9H8N2O2. The Kier molecular flexibility index (Phi) is 1.96. The second kappa shape index (κ2) is 3.26. The Balaban J connectivity index is 2.29. The van der Waals surface area contributed by atoms with Gasteiger partial charge in [-0.2, -0.15) is 0 Å². The van der Waals surface area contributed by atoms with E-state index in [1.807, 2.05) is 6.07 Å². The van der Waals surface area contributed by atoms with Gasteiger partial charge in [-0.3, -0.25) is 4.79 Å². The van der Waals surface area contributed by atoms with Crippen molar-refractivity contribution in [2.24, 2.45) is 0 Å². The molecule has 2 aromatic rings. The molecule has 0 bridgehead atoms. The number of aromatic nitrogens is 2. The number of rotatable bonds is 2. The van der Waals surface area contributed by atoms with Crippen molar-refractivity contribution in [1.29, 1.82) is 0 Å². The molecule has 0 N–H and O–H groups in total. The van der Waals surface area contributed by atoms with Crippen molar-refractivity contribution < 1.29 is 4.52 Å². The lowest BCUT2D eigenvalue weighted by Gasteiger charge is -1.99. The molecule has 4 nitrogen and oxygen atoms in total. The fourth-order valence-corrected chi connectivity index (χ4v) is 1.08. The molecule has 66 valence electrons. The molecule has 4 heteroatoms. The average Bonchev–Trinajstić information content (AvgIpc) is 2.61. The van der Waals surface area contributed by atoms with Crippen LogP contribution in [0.4, 0.5) is 0 Å². The predicted octanol–water partition coefficient (Wildman–Crippen LogP) is 0.885. The molecule has 2 aromatic heterocycles. The van der Waals surface area contributed by atoms with E-state index in [0.29, 0.717) is 6.54 Å². The van der Waals surface area contributed by atoms with Gasteiger partial charge in [-0.05, 0) is 6.07 Å². The van der Waals surface area contributed by atoms with Crippen LogP contribution < -0.4 is 5.56 Å². The molecular weight excluding hydrogens is 168 g/mol. The molecule has 13 heavy (non-hydrogen) atoms. The Hall–Kier alpha value is -1.84. The van der Waals surface area contributed by atoms with Crippen molar-refractivity contribution in [1.82, 2.24) is 9.72 Å². The van der Waals surface area contributed by atoms with Gasteiger partial charge in [0.15, 0.2) is 0 Å². The second-order valence-corrected chi connectivity index (χ2v) is 2.66. The normalized spacial score (nSPS) is 10.2. The lowest BCUT2D eigenvalue weighted by molar-refractivity contribution is 0.409. The van der Waals surface area contributed by atoms with Crippen molar-refractivity contribution in [2.45, 2.75) is 6.54 Å². The minimum absolute atomic E-state index is 0.0366. The first-order chi connectivity index (χ1) is 6.36. The van der Waals surface area contributed by atoms with Gasteiger partial charge in [-0.1, -0.05) is 11.2 Å². The maximum atomic E-state index is 11.2. The molecule has 0 aliphatic heterocycles. The van der Waals surface area contributed by atoms with Gasteiger partial charge >= 0.3 is 0 Å². The Bertz CT molecular complexity index is 431. The number of hydrogen-bond donors (Lipinski definition) is 0. The molecule has 2 heterocycles. The Labute approximate surface area is 74.4 Å². The monoisotopic (exact) mass is 176 g/mol. The van der Waals surface area contributed by atoms with Gasteiger partial charge in [-0.25, -0.2) is 0 Å². The zero-order valence-corrected chi connectivity index (χ0v) is 6.88. The number of nitrogens with zero attached hydrogens (tertiary/aromatic N) is 2. The molecule has 0 saturated carbocycles. The highest BCUT2D eigenvalue weighted by Crippen LogP contribution is 1.96. The van der Waals surface area contributed by atoms with Crippen LogP contribution in [-0.4, -0.2) is 9.72 Å². The molecule has 0 aliphatic rings. The fraction of sp³-hybridized carbons (Fsp3) is 0.111. The first-order valence-corrected chi connectivity index (χ1v) is 3.91. The number of pyridine rings is 1. The third-order valence-electron chi connectivity index (χ3n) is 1.72. The van der Waals surface area contributed by atoms with Crippen molar-refractivity contribution in [2.75, 3.05) is 0 Å². The van der Waals surface area contributed by atoms with E-state index in [4.69, 9.17) is 0 Å². The van der Waals surface area contributed by atoms with E-state index in [9.17, 15) is 4.79 Å². The standard InChI is InChI=1S/C9H8N2O2/c12-9-3-1-2-5-11(9)7-8-4-6-13-10-8/h1-6H,7H2. The Morgan fingerprint density at radius 1 is 1.38 bits per heavy atom. The fourth-order valence-electron chi connectivity index (χ4n) is 1.08. The Morgan fingerprint density at radius 2 is 2.31 bits per heavy atom. The highest BCUT2D eigenvalue weighted by Gasteiger charge is 1.98. The highest BCUT2D eigenvalue weighted by atomic mass is 16.5. The van der Waals surface area contributed by atoms with E-state index in [1.165, 1.54) is 12.3 Å². The minimum atomic E-state index is -0.0366. The van der Waals surface area contributed by atoms with Gasteiger partial charge in [0, 0.05) is 18.3 Å².